The van der Waals surface area contributed by atoms with E-state index in [1.165, 1.54) is 48.7 Å². The number of rotatable bonds is 5. The van der Waals surface area contributed by atoms with Gasteiger partial charge < -0.3 is 24.6 Å². The molecule has 3 aromatic rings. The minimum Gasteiger partial charge on any atom is -0.495 e. The van der Waals surface area contributed by atoms with Crippen molar-refractivity contribution in [2.45, 2.75) is 29.6 Å². The van der Waals surface area contributed by atoms with Crippen molar-refractivity contribution in [3.63, 3.8) is 0 Å². The normalized spacial score (nSPS) is 28.4. The summed E-state index contributed by atoms with van der Waals surface area (Å²) in [6.45, 7) is 0. The van der Waals surface area contributed by atoms with Crippen LogP contribution in [0.2, 0.25) is 0 Å². The van der Waals surface area contributed by atoms with Crippen LogP contribution in [0.3, 0.4) is 0 Å². The quantitative estimate of drug-likeness (QED) is 0.563. The summed E-state index contributed by atoms with van der Waals surface area (Å²) in [7, 11) is 4.54. The fraction of sp³-hybridized carbons (Fsp3) is 0.333. The number of aromatic nitrogens is 1. The first-order chi connectivity index (χ1) is 17.2. The van der Waals surface area contributed by atoms with Crippen LogP contribution in [0.1, 0.15) is 34.6 Å². The van der Waals surface area contributed by atoms with E-state index in [0.29, 0.717) is 11.1 Å². The zero-order valence-corrected chi connectivity index (χ0v) is 19.9. The Morgan fingerprint density at radius 1 is 1.11 bits per heavy atom. The summed E-state index contributed by atoms with van der Waals surface area (Å²) in [4.78, 5) is 19.0. The molecule has 2 N–H and O–H groups in total. The van der Waals surface area contributed by atoms with Crippen LogP contribution >= 0.6 is 0 Å². The van der Waals surface area contributed by atoms with E-state index < -0.39 is 41.5 Å². The highest BCUT2D eigenvalue weighted by Crippen LogP contribution is 2.69. The van der Waals surface area contributed by atoms with Gasteiger partial charge in [-0.3, -0.25) is 9.78 Å². The Labute approximate surface area is 206 Å². The number of aliphatic hydroxyl groups excluding tert-OH is 1. The first-order valence-corrected chi connectivity index (χ1v) is 11.4. The molecule has 2 aliphatic rings. The fourth-order valence-electron chi connectivity index (χ4n) is 5.84. The van der Waals surface area contributed by atoms with Gasteiger partial charge in [-0.15, -0.1) is 0 Å². The smallest absolute Gasteiger partial charge is 0.263 e. The maximum absolute atomic E-state index is 13.6. The molecule has 1 aromatic heterocycles. The van der Waals surface area contributed by atoms with Crippen molar-refractivity contribution >= 4 is 5.91 Å². The minimum absolute atomic E-state index is 0.153. The van der Waals surface area contributed by atoms with Crippen molar-refractivity contribution < 1.29 is 33.3 Å². The molecule has 7 nitrogen and oxygen atoms in total. The molecular formula is C27H26F2N2O5. The average Bonchev–Trinajstić information content (AvgIpc) is 3.27. The first-order valence-electron chi connectivity index (χ1n) is 11.4. The Kier molecular flexibility index (Phi) is 5.72. The molecule has 2 aromatic carbocycles. The summed E-state index contributed by atoms with van der Waals surface area (Å²) >= 11 is 0. The van der Waals surface area contributed by atoms with Gasteiger partial charge in [0.25, 0.3) is 6.43 Å². The van der Waals surface area contributed by atoms with E-state index in [0.717, 1.165) is 0 Å². The van der Waals surface area contributed by atoms with Gasteiger partial charge in [0.1, 0.15) is 17.6 Å². The average molecular weight is 497 g/mol. The molecule has 1 aliphatic carbocycles. The molecule has 0 saturated heterocycles. The fourth-order valence-corrected chi connectivity index (χ4v) is 5.84. The molecule has 5 rings (SSSR count). The molecule has 5 unspecified atom stereocenters. The highest BCUT2D eigenvalue weighted by Gasteiger charge is 2.78. The van der Waals surface area contributed by atoms with E-state index in [1.54, 1.807) is 38.4 Å². The number of carbonyl (C=O) groups excluding carboxylic acids is 1. The van der Waals surface area contributed by atoms with Gasteiger partial charge in [0.15, 0.2) is 11.2 Å². The highest BCUT2D eigenvalue weighted by molar-refractivity contribution is 5.82. The van der Waals surface area contributed by atoms with E-state index in [2.05, 4.69) is 4.98 Å². The van der Waals surface area contributed by atoms with Gasteiger partial charge >= 0.3 is 0 Å². The number of pyridine rings is 1. The van der Waals surface area contributed by atoms with Gasteiger partial charge in [0.2, 0.25) is 5.91 Å². The largest absolute Gasteiger partial charge is 0.495 e. The number of alkyl halides is 2. The second kappa shape index (κ2) is 8.53. The van der Waals surface area contributed by atoms with Crippen LogP contribution in [0, 0.1) is 5.92 Å². The lowest BCUT2D eigenvalue weighted by molar-refractivity contribution is -0.156. The summed E-state index contributed by atoms with van der Waals surface area (Å²) in [6.07, 6.45) is -1.53. The van der Waals surface area contributed by atoms with Crippen LogP contribution in [0.5, 0.6) is 11.5 Å². The highest BCUT2D eigenvalue weighted by atomic mass is 19.3. The van der Waals surface area contributed by atoms with Crippen LogP contribution < -0.4 is 9.47 Å². The van der Waals surface area contributed by atoms with Gasteiger partial charge in [-0.1, -0.05) is 54.6 Å². The van der Waals surface area contributed by atoms with E-state index >= 15 is 0 Å². The molecule has 0 spiro atoms. The molecule has 0 bridgehead atoms. The number of halogens is 2. The lowest BCUT2D eigenvalue weighted by Gasteiger charge is -2.41. The molecule has 0 radical (unpaired) electrons. The lowest BCUT2D eigenvalue weighted by Crippen LogP contribution is -2.52. The van der Waals surface area contributed by atoms with Gasteiger partial charge in [0.05, 0.1) is 31.0 Å². The molecule has 188 valence electrons. The number of hydrogen-bond donors (Lipinski definition) is 2. The Balaban J connectivity index is 1.87. The predicted octanol–water partition coefficient (Wildman–Crippen LogP) is 3.37. The van der Waals surface area contributed by atoms with Crippen molar-refractivity contribution in [3.8, 4) is 11.5 Å². The number of carbonyl (C=O) groups is 1. The molecule has 2 heterocycles. The summed E-state index contributed by atoms with van der Waals surface area (Å²) in [5.41, 5.74) is -3.03. The number of methoxy groups -OCH3 is 1. The summed E-state index contributed by atoms with van der Waals surface area (Å²) < 4.78 is 38.8. The van der Waals surface area contributed by atoms with Gasteiger partial charge in [-0.05, 0) is 11.1 Å². The summed E-state index contributed by atoms with van der Waals surface area (Å²) in [5, 5.41) is 24.4. The van der Waals surface area contributed by atoms with Crippen LogP contribution in [0.25, 0.3) is 0 Å². The number of hydrogen-bond acceptors (Lipinski definition) is 6. The van der Waals surface area contributed by atoms with Crippen molar-refractivity contribution in [3.05, 3.63) is 89.2 Å². The maximum Gasteiger partial charge on any atom is 0.263 e. The Hall–Kier alpha value is -3.56. The van der Waals surface area contributed by atoms with Crippen LogP contribution in [0.15, 0.2) is 67.0 Å². The third kappa shape index (κ3) is 3.09. The van der Waals surface area contributed by atoms with E-state index in [-0.39, 0.29) is 22.6 Å². The number of nitrogens with zero attached hydrogens (tertiary/aromatic N) is 2. The van der Waals surface area contributed by atoms with Crippen molar-refractivity contribution in [2.75, 3.05) is 21.2 Å². The molecule has 1 amide bonds. The van der Waals surface area contributed by atoms with Crippen molar-refractivity contribution in [2.24, 2.45) is 5.92 Å². The van der Waals surface area contributed by atoms with E-state index in [9.17, 15) is 23.8 Å². The molecule has 5 atom stereocenters. The zero-order valence-electron chi connectivity index (χ0n) is 19.9. The van der Waals surface area contributed by atoms with Crippen molar-refractivity contribution in [1.29, 1.82) is 0 Å². The second-order valence-corrected chi connectivity index (χ2v) is 9.33. The molecule has 1 aliphatic heterocycles. The first kappa shape index (κ1) is 24.1. The minimum atomic E-state index is -2.69. The number of fused-ring (bicyclic) bond motifs is 3. The van der Waals surface area contributed by atoms with Gasteiger partial charge in [0, 0.05) is 25.6 Å². The topological polar surface area (TPSA) is 92.1 Å². The number of benzene rings is 2. The molecular weight excluding hydrogens is 470 g/mol. The monoisotopic (exact) mass is 496 g/mol. The predicted molar refractivity (Wildman–Crippen MR) is 126 cm³/mol. The Bertz CT molecular complexity index is 1290. The lowest BCUT2D eigenvalue weighted by atomic mass is 9.70. The second-order valence-electron chi connectivity index (χ2n) is 9.33. The van der Waals surface area contributed by atoms with Gasteiger partial charge in [-0.25, -0.2) is 8.78 Å². The zero-order chi connectivity index (χ0) is 25.8. The van der Waals surface area contributed by atoms with Crippen LogP contribution in [-0.4, -0.2) is 53.3 Å². The van der Waals surface area contributed by atoms with E-state index in [4.69, 9.17) is 9.47 Å². The molecule has 1 saturated carbocycles. The van der Waals surface area contributed by atoms with Crippen LogP contribution in [0.4, 0.5) is 8.78 Å². The summed E-state index contributed by atoms with van der Waals surface area (Å²) in [5.74, 6) is -2.10. The standard InChI is InChI=1S/C27H26F2N2O5/c1-31(2)25(33)20-21(15-7-5-4-6-8-15)27(17-11-9-16(10-12-17)24(28)29)26(34,23(20)32)22-18(35-3)13-30-14-19(22)36-27/h4-14,20-21,23-24,32,34H,1-3H3. The molecule has 36 heavy (non-hydrogen) atoms. The van der Waals surface area contributed by atoms with Gasteiger partial charge in [-0.2, -0.15) is 0 Å². The third-order valence-electron chi connectivity index (χ3n) is 7.36. The molecule has 9 heteroatoms. The Morgan fingerprint density at radius 2 is 1.78 bits per heavy atom. The number of aliphatic hydroxyl groups is 2. The third-order valence-corrected chi connectivity index (χ3v) is 7.36. The SMILES string of the molecule is COc1cncc2c1C1(O)C(O)C(C(=O)N(C)C)C(c3ccccc3)C1(c1ccc(C(F)F)cc1)O2. The Morgan fingerprint density at radius 3 is 2.36 bits per heavy atom. The van der Waals surface area contributed by atoms with E-state index in [1.807, 2.05) is 6.07 Å². The maximum atomic E-state index is 13.6. The molecule has 1 fully saturated rings. The van der Waals surface area contributed by atoms with Crippen LogP contribution in [-0.2, 0) is 16.0 Å². The van der Waals surface area contributed by atoms with Crippen molar-refractivity contribution in [1.82, 2.24) is 9.88 Å². The summed E-state index contributed by atoms with van der Waals surface area (Å²) in [6, 6.07) is 14.4. The number of ether oxygens (including phenoxy) is 2. The number of amides is 1.